The van der Waals surface area contributed by atoms with Crippen molar-refractivity contribution >= 4 is 5.91 Å². The molecule has 5 nitrogen and oxygen atoms in total. The van der Waals surface area contributed by atoms with Crippen LogP contribution in [0.3, 0.4) is 0 Å². The molecule has 2 rings (SSSR count). The van der Waals surface area contributed by atoms with E-state index < -0.39 is 0 Å². The van der Waals surface area contributed by atoms with Crippen LogP contribution in [0.25, 0.3) is 0 Å². The molecule has 1 amide bonds. The predicted octanol–water partition coefficient (Wildman–Crippen LogP) is 0.708. The van der Waals surface area contributed by atoms with Gasteiger partial charge < -0.3 is 15.4 Å². The first-order chi connectivity index (χ1) is 9.69. The molecule has 2 aromatic rings. The van der Waals surface area contributed by atoms with E-state index in [1.807, 2.05) is 30.3 Å². The van der Waals surface area contributed by atoms with Crippen LogP contribution >= 0.6 is 0 Å². The predicted molar refractivity (Wildman–Crippen MR) is 75.5 cm³/mol. The molecule has 0 bridgehead atoms. The summed E-state index contributed by atoms with van der Waals surface area (Å²) in [6.07, 6.45) is 1.95. The fourth-order valence-electron chi connectivity index (χ4n) is 1.91. The third kappa shape index (κ3) is 3.80. The number of nitrogens with one attached hydrogen (secondary N) is 2. The molecule has 0 radical (unpaired) electrons. The Morgan fingerprint density at radius 1 is 1.25 bits per heavy atom. The summed E-state index contributed by atoms with van der Waals surface area (Å²) in [6, 6.07) is 11.9. The van der Waals surface area contributed by atoms with Gasteiger partial charge in [-0.3, -0.25) is 9.59 Å². The molecule has 3 N–H and O–H groups in total. The van der Waals surface area contributed by atoms with Crippen LogP contribution in [0.2, 0.25) is 0 Å². The zero-order valence-electron chi connectivity index (χ0n) is 10.9. The van der Waals surface area contributed by atoms with E-state index in [1.54, 1.807) is 0 Å². The largest absolute Gasteiger partial charge is 0.394 e. The van der Waals surface area contributed by atoms with Crippen LogP contribution in [0.1, 0.15) is 15.9 Å². The molecule has 1 heterocycles. The number of carbonyl (C=O) groups excluding carboxylic acids is 1. The molecule has 0 fully saturated rings. The molecule has 1 atom stereocenters. The van der Waals surface area contributed by atoms with Crippen LogP contribution in [-0.2, 0) is 6.42 Å². The zero-order chi connectivity index (χ0) is 14.4. The highest BCUT2D eigenvalue weighted by molar-refractivity contribution is 5.94. The number of hydrogen-bond acceptors (Lipinski definition) is 3. The van der Waals surface area contributed by atoms with Gasteiger partial charge in [-0.1, -0.05) is 30.3 Å². The molecule has 0 unspecified atom stereocenters. The van der Waals surface area contributed by atoms with E-state index in [2.05, 4.69) is 10.3 Å². The highest BCUT2D eigenvalue weighted by Crippen LogP contribution is 2.04. The highest BCUT2D eigenvalue weighted by atomic mass is 16.3. The van der Waals surface area contributed by atoms with Gasteiger partial charge in [0.2, 0.25) is 5.56 Å². The second-order valence-electron chi connectivity index (χ2n) is 4.48. The molecule has 0 aliphatic rings. The van der Waals surface area contributed by atoms with Gasteiger partial charge in [0, 0.05) is 17.8 Å². The molecule has 0 spiro atoms. The molecule has 1 aromatic carbocycles. The zero-order valence-corrected chi connectivity index (χ0v) is 10.9. The second kappa shape index (κ2) is 6.68. The van der Waals surface area contributed by atoms with Crippen LogP contribution in [0.4, 0.5) is 0 Å². The number of hydrogen-bond donors (Lipinski definition) is 3. The number of H-pyrrole nitrogens is 1. The molecule has 5 heteroatoms. The SMILES string of the molecule is O=C(N[C@H](CO)Cc1ccccc1)c1cc[nH]c(=O)c1. The van der Waals surface area contributed by atoms with Crippen molar-refractivity contribution in [2.45, 2.75) is 12.5 Å². The first kappa shape index (κ1) is 14.0. The fraction of sp³-hybridized carbons (Fsp3) is 0.200. The van der Waals surface area contributed by atoms with E-state index in [0.717, 1.165) is 5.56 Å². The summed E-state index contributed by atoms with van der Waals surface area (Å²) < 4.78 is 0. The van der Waals surface area contributed by atoms with Crippen molar-refractivity contribution in [2.24, 2.45) is 0 Å². The van der Waals surface area contributed by atoms with Gasteiger partial charge in [-0.15, -0.1) is 0 Å². The maximum atomic E-state index is 12.0. The van der Waals surface area contributed by atoms with Crippen molar-refractivity contribution in [2.75, 3.05) is 6.61 Å². The van der Waals surface area contributed by atoms with Gasteiger partial charge in [0.05, 0.1) is 12.6 Å². The quantitative estimate of drug-likeness (QED) is 0.749. The lowest BCUT2D eigenvalue weighted by molar-refractivity contribution is 0.0916. The van der Waals surface area contributed by atoms with Crippen LogP contribution < -0.4 is 10.9 Å². The maximum absolute atomic E-state index is 12.0. The number of rotatable bonds is 5. The van der Waals surface area contributed by atoms with Crippen LogP contribution in [0.5, 0.6) is 0 Å². The molecule has 104 valence electrons. The van der Waals surface area contributed by atoms with E-state index >= 15 is 0 Å². The number of pyridine rings is 1. The summed E-state index contributed by atoms with van der Waals surface area (Å²) in [6.45, 7) is -0.163. The number of aliphatic hydroxyl groups is 1. The van der Waals surface area contributed by atoms with Crippen LogP contribution in [0, 0.1) is 0 Å². The number of carbonyl (C=O) groups is 1. The number of aliphatic hydroxyl groups excluding tert-OH is 1. The number of benzene rings is 1. The average molecular weight is 272 g/mol. The number of aromatic amines is 1. The molecular formula is C15H16N2O3. The van der Waals surface area contributed by atoms with Crippen LogP contribution in [-0.4, -0.2) is 28.6 Å². The van der Waals surface area contributed by atoms with Gasteiger partial charge in [-0.25, -0.2) is 0 Å². The molecule has 0 aliphatic heterocycles. The van der Waals surface area contributed by atoms with Crippen molar-refractivity contribution in [3.05, 3.63) is 70.1 Å². The Morgan fingerprint density at radius 3 is 2.65 bits per heavy atom. The molecule has 20 heavy (non-hydrogen) atoms. The molecule has 0 saturated heterocycles. The lowest BCUT2D eigenvalue weighted by Crippen LogP contribution is -2.39. The van der Waals surface area contributed by atoms with Gasteiger partial charge in [0.25, 0.3) is 5.91 Å². The van der Waals surface area contributed by atoms with E-state index in [1.165, 1.54) is 18.3 Å². The average Bonchev–Trinajstić information content (AvgIpc) is 2.47. The normalized spacial score (nSPS) is 11.8. The smallest absolute Gasteiger partial charge is 0.251 e. The van der Waals surface area contributed by atoms with Gasteiger partial charge in [0.15, 0.2) is 0 Å². The molecular weight excluding hydrogens is 256 g/mol. The standard InChI is InChI=1S/C15H16N2O3/c18-10-13(8-11-4-2-1-3-5-11)17-15(20)12-6-7-16-14(19)9-12/h1-7,9,13,18H,8,10H2,(H,16,19)(H,17,20)/t13-/m0/s1. The summed E-state index contributed by atoms with van der Waals surface area (Å²) in [5.41, 5.74) is 0.972. The summed E-state index contributed by atoms with van der Waals surface area (Å²) >= 11 is 0. The minimum Gasteiger partial charge on any atom is -0.394 e. The van der Waals surface area contributed by atoms with Crippen LogP contribution in [0.15, 0.2) is 53.5 Å². The van der Waals surface area contributed by atoms with Gasteiger partial charge >= 0.3 is 0 Å². The minimum atomic E-state index is -0.385. The Balaban J connectivity index is 2.03. The minimum absolute atomic E-state index is 0.163. The monoisotopic (exact) mass is 272 g/mol. The Morgan fingerprint density at radius 2 is 2.00 bits per heavy atom. The van der Waals surface area contributed by atoms with E-state index in [-0.39, 0.29) is 29.7 Å². The van der Waals surface area contributed by atoms with E-state index in [0.29, 0.717) is 6.42 Å². The first-order valence-corrected chi connectivity index (χ1v) is 6.33. The third-order valence-electron chi connectivity index (χ3n) is 2.92. The maximum Gasteiger partial charge on any atom is 0.251 e. The summed E-state index contributed by atoms with van der Waals surface area (Å²) in [4.78, 5) is 25.6. The third-order valence-corrected chi connectivity index (χ3v) is 2.92. The number of aromatic nitrogens is 1. The fourth-order valence-corrected chi connectivity index (χ4v) is 1.91. The summed E-state index contributed by atoms with van der Waals surface area (Å²) in [5, 5.41) is 12.1. The summed E-state index contributed by atoms with van der Waals surface area (Å²) in [5.74, 6) is -0.369. The molecule has 0 saturated carbocycles. The Labute approximate surface area is 116 Å². The Hall–Kier alpha value is -2.40. The van der Waals surface area contributed by atoms with Gasteiger partial charge in [0.1, 0.15) is 0 Å². The topological polar surface area (TPSA) is 82.2 Å². The van der Waals surface area contributed by atoms with Crippen molar-refractivity contribution in [3.63, 3.8) is 0 Å². The van der Waals surface area contributed by atoms with Gasteiger partial charge in [-0.2, -0.15) is 0 Å². The molecule has 1 aromatic heterocycles. The lowest BCUT2D eigenvalue weighted by atomic mass is 10.1. The molecule has 0 aliphatic carbocycles. The highest BCUT2D eigenvalue weighted by Gasteiger charge is 2.13. The van der Waals surface area contributed by atoms with Crippen molar-refractivity contribution in [1.29, 1.82) is 0 Å². The van der Waals surface area contributed by atoms with Gasteiger partial charge in [-0.05, 0) is 18.1 Å². The number of amides is 1. The lowest BCUT2D eigenvalue weighted by Gasteiger charge is -2.16. The van der Waals surface area contributed by atoms with E-state index in [4.69, 9.17) is 0 Å². The second-order valence-corrected chi connectivity index (χ2v) is 4.48. The van der Waals surface area contributed by atoms with Crippen molar-refractivity contribution in [3.8, 4) is 0 Å². The van der Waals surface area contributed by atoms with E-state index in [9.17, 15) is 14.7 Å². The van der Waals surface area contributed by atoms with Crippen molar-refractivity contribution in [1.82, 2.24) is 10.3 Å². The first-order valence-electron chi connectivity index (χ1n) is 6.33. The Kier molecular flexibility index (Phi) is 4.68. The Bertz CT molecular complexity index is 622. The van der Waals surface area contributed by atoms with Crippen molar-refractivity contribution < 1.29 is 9.90 Å². The summed E-state index contributed by atoms with van der Waals surface area (Å²) in [7, 11) is 0.